The Kier molecular flexibility index (Phi) is 6.67. The summed E-state index contributed by atoms with van der Waals surface area (Å²) in [5, 5.41) is 8.81. The lowest BCUT2D eigenvalue weighted by atomic mass is 10.1. The smallest absolute Gasteiger partial charge is 0.119 e. The molecule has 96 valence electrons. The Labute approximate surface area is 104 Å². The van der Waals surface area contributed by atoms with E-state index in [1.165, 1.54) is 12.8 Å². The van der Waals surface area contributed by atoms with E-state index in [1.54, 1.807) is 0 Å². The second-order valence-electron chi connectivity index (χ2n) is 4.24. The highest BCUT2D eigenvalue weighted by atomic mass is 16.5. The van der Waals surface area contributed by atoms with Gasteiger partial charge in [0.1, 0.15) is 5.75 Å². The lowest BCUT2D eigenvalue weighted by Gasteiger charge is -2.11. The first-order valence-electron chi connectivity index (χ1n) is 6.37. The minimum absolute atomic E-state index is 0.0888. The van der Waals surface area contributed by atoms with Gasteiger partial charge in [0, 0.05) is 12.6 Å². The van der Waals surface area contributed by atoms with Crippen molar-refractivity contribution in [2.75, 3.05) is 13.2 Å². The molecule has 1 unspecified atom stereocenters. The van der Waals surface area contributed by atoms with Gasteiger partial charge in [0.25, 0.3) is 0 Å². The second-order valence-corrected chi connectivity index (χ2v) is 4.24. The molecule has 0 spiro atoms. The molecule has 3 N–H and O–H groups in total. The van der Waals surface area contributed by atoms with Crippen molar-refractivity contribution in [2.45, 2.75) is 38.6 Å². The van der Waals surface area contributed by atoms with Gasteiger partial charge in [-0.25, -0.2) is 0 Å². The molecule has 0 radical (unpaired) electrons. The molecule has 3 heteroatoms. The van der Waals surface area contributed by atoms with E-state index < -0.39 is 0 Å². The highest BCUT2D eigenvalue weighted by molar-refractivity contribution is 5.29. The predicted molar refractivity (Wildman–Crippen MR) is 70.1 cm³/mol. The normalized spacial score (nSPS) is 12.4. The number of nitrogens with two attached hydrogens (primary N) is 1. The van der Waals surface area contributed by atoms with E-state index in [1.807, 2.05) is 24.3 Å². The second kappa shape index (κ2) is 8.09. The molecule has 0 fully saturated rings. The van der Waals surface area contributed by atoms with Crippen molar-refractivity contribution in [1.82, 2.24) is 0 Å². The zero-order chi connectivity index (χ0) is 12.5. The van der Waals surface area contributed by atoms with E-state index in [-0.39, 0.29) is 12.6 Å². The van der Waals surface area contributed by atoms with E-state index in [2.05, 4.69) is 6.92 Å². The van der Waals surface area contributed by atoms with Gasteiger partial charge in [-0.15, -0.1) is 0 Å². The van der Waals surface area contributed by atoms with E-state index in [9.17, 15) is 0 Å². The first kappa shape index (κ1) is 14.0. The average molecular weight is 237 g/mol. The molecule has 1 aromatic rings. The number of benzene rings is 1. The lowest BCUT2D eigenvalue weighted by Crippen LogP contribution is -2.11. The maximum atomic E-state index is 8.81. The molecule has 0 saturated heterocycles. The van der Waals surface area contributed by atoms with Crippen molar-refractivity contribution in [3.8, 4) is 5.75 Å². The number of hydrogen-bond donors (Lipinski definition) is 2. The molecule has 17 heavy (non-hydrogen) atoms. The molecule has 0 saturated carbocycles. The summed E-state index contributed by atoms with van der Waals surface area (Å²) in [6.07, 6.45) is 4.11. The number of rotatable bonds is 8. The zero-order valence-electron chi connectivity index (χ0n) is 10.6. The van der Waals surface area contributed by atoms with E-state index >= 15 is 0 Å². The van der Waals surface area contributed by atoms with Crippen molar-refractivity contribution < 1.29 is 9.84 Å². The van der Waals surface area contributed by atoms with Gasteiger partial charge in [-0.05, 0) is 30.5 Å². The summed E-state index contributed by atoms with van der Waals surface area (Å²) in [6, 6.07) is 7.73. The van der Waals surface area contributed by atoms with Gasteiger partial charge in [-0.2, -0.15) is 0 Å². The van der Waals surface area contributed by atoms with Crippen LogP contribution in [0, 0.1) is 0 Å². The zero-order valence-corrected chi connectivity index (χ0v) is 10.6. The van der Waals surface area contributed by atoms with Gasteiger partial charge in [-0.3, -0.25) is 0 Å². The summed E-state index contributed by atoms with van der Waals surface area (Å²) in [5.41, 5.74) is 6.94. The van der Waals surface area contributed by atoms with Crippen LogP contribution in [-0.2, 0) is 0 Å². The van der Waals surface area contributed by atoms with Crippen LogP contribution < -0.4 is 10.5 Å². The SMILES string of the molecule is CCCCCOc1ccc(C(N)CCO)cc1. The number of unbranched alkanes of at least 4 members (excludes halogenated alkanes) is 2. The maximum absolute atomic E-state index is 8.81. The van der Waals surface area contributed by atoms with Crippen LogP contribution in [0.3, 0.4) is 0 Å². The van der Waals surface area contributed by atoms with Crippen LogP contribution in [0.1, 0.15) is 44.2 Å². The van der Waals surface area contributed by atoms with Gasteiger partial charge in [0.05, 0.1) is 6.61 Å². The molecule has 1 rings (SSSR count). The molecule has 1 atom stereocenters. The molecule has 0 aliphatic heterocycles. The van der Waals surface area contributed by atoms with Crippen LogP contribution >= 0.6 is 0 Å². The van der Waals surface area contributed by atoms with E-state index in [4.69, 9.17) is 15.6 Å². The highest BCUT2D eigenvalue weighted by Gasteiger charge is 2.04. The molecule has 0 aliphatic rings. The molecule has 1 aromatic carbocycles. The van der Waals surface area contributed by atoms with Crippen molar-refractivity contribution in [3.63, 3.8) is 0 Å². The van der Waals surface area contributed by atoms with Crippen LogP contribution in [0.25, 0.3) is 0 Å². The van der Waals surface area contributed by atoms with E-state index in [0.29, 0.717) is 6.42 Å². The average Bonchev–Trinajstić information content (AvgIpc) is 2.36. The van der Waals surface area contributed by atoms with Gasteiger partial charge in [0.15, 0.2) is 0 Å². The number of aliphatic hydroxyl groups is 1. The monoisotopic (exact) mass is 237 g/mol. The summed E-state index contributed by atoms with van der Waals surface area (Å²) in [4.78, 5) is 0. The Morgan fingerprint density at radius 2 is 1.94 bits per heavy atom. The van der Waals surface area contributed by atoms with Crippen LogP contribution in [0.15, 0.2) is 24.3 Å². The third kappa shape index (κ3) is 5.20. The van der Waals surface area contributed by atoms with Gasteiger partial charge < -0.3 is 15.6 Å². The van der Waals surface area contributed by atoms with Gasteiger partial charge in [-0.1, -0.05) is 31.9 Å². The summed E-state index contributed by atoms with van der Waals surface area (Å²) >= 11 is 0. The fraction of sp³-hybridized carbons (Fsp3) is 0.571. The quantitative estimate of drug-likeness (QED) is 0.683. The van der Waals surface area contributed by atoms with Crippen molar-refractivity contribution >= 4 is 0 Å². The number of ether oxygens (including phenoxy) is 1. The van der Waals surface area contributed by atoms with Crippen LogP contribution in [0.4, 0.5) is 0 Å². The Bertz CT molecular complexity index is 298. The summed E-state index contributed by atoms with van der Waals surface area (Å²) in [7, 11) is 0. The minimum atomic E-state index is -0.0888. The Hall–Kier alpha value is -1.06. The number of hydrogen-bond acceptors (Lipinski definition) is 3. The number of aliphatic hydroxyl groups excluding tert-OH is 1. The van der Waals surface area contributed by atoms with Gasteiger partial charge in [0.2, 0.25) is 0 Å². The molecular formula is C14H23NO2. The largest absolute Gasteiger partial charge is 0.494 e. The Morgan fingerprint density at radius 3 is 2.53 bits per heavy atom. The minimum Gasteiger partial charge on any atom is -0.494 e. The lowest BCUT2D eigenvalue weighted by molar-refractivity contribution is 0.276. The fourth-order valence-corrected chi connectivity index (χ4v) is 1.66. The molecule has 0 amide bonds. The molecule has 0 bridgehead atoms. The van der Waals surface area contributed by atoms with Crippen molar-refractivity contribution in [3.05, 3.63) is 29.8 Å². The van der Waals surface area contributed by atoms with Crippen LogP contribution in [-0.4, -0.2) is 18.3 Å². The van der Waals surface area contributed by atoms with Crippen LogP contribution in [0.2, 0.25) is 0 Å². The summed E-state index contributed by atoms with van der Waals surface area (Å²) in [5.74, 6) is 0.890. The Balaban J connectivity index is 2.39. The Morgan fingerprint density at radius 1 is 1.24 bits per heavy atom. The summed E-state index contributed by atoms with van der Waals surface area (Å²) < 4.78 is 5.61. The molecule has 0 heterocycles. The van der Waals surface area contributed by atoms with Crippen LogP contribution in [0.5, 0.6) is 5.75 Å². The highest BCUT2D eigenvalue weighted by Crippen LogP contribution is 2.18. The summed E-state index contributed by atoms with van der Waals surface area (Å²) in [6.45, 7) is 3.07. The third-order valence-corrected chi connectivity index (χ3v) is 2.76. The molecular weight excluding hydrogens is 214 g/mol. The fourth-order valence-electron chi connectivity index (χ4n) is 1.66. The first-order chi connectivity index (χ1) is 8.27. The molecule has 0 aromatic heterocycles. The van der Waals surface area contributed by atoms with Crippen molar-refractivity contribution in [2.24, 2.45) is 5.73 Å². The van der Waals surface area contributed by atoms with Crippen molar-refractivity contribution in [1.29, 1.82) is 0 Å². The first-order valence-corrected chi connectivity index (χ1v) is 6.37. The maximum Gasteiger partial charge on any atom is 0.119 e. The predicted octanol–water partition coefficient (Wildman–Crippen LogP) is 2.64. The third-order valence-electron chi connectivity index (χ3n) is 2.76. The standard InChI is InChI=1S/C14H23NO2/c1-2-3-4-11-17-13-7-5-12(6-8-13)14(15)9-10-16/h5-8,14,16H,2-4,9-11,15H2,1H3. The molecule has 3 nitrogen and oxygen atoms in total. The van der Waals surface area contributed by atoms with Gasteiger partial charge >= 0.3 is 0 Å². The topological polar surface area (TPSA) is 55.5 Å². The molecule has 0 aliphatic carbocycles. The van der Waals surface area contributed by atoms with E-state index in [0.717, 1.165) is 24.3 Å².